The van der Waals surface area contributed by atoms with Gasteiger partial charge in [-0.25, -0.2) is 4.98 Å². The van der Waals surface area contributed by atoms with Gasteiger partial charge in [-0.15, -0.1) is 0 Å². The quantitative estimate of drug-likeness (QED) is 0.923. The van der Waals surface area contributed by atoms with Gasteiger partial charge in [-0.3, -0.25) is 4.79 Å². The Kier molecular flexibility index (Phi) is 4.37. The number of nitrogens with one attached hydrogen (secondary N) is 1. The first-order valence-electron chi connectivity index (χ1n) is 8.03. The predicted molar refractivity (Wildman–Crippen MR) is 88.5 cm³/mol. The highest BCUT2D eigenvalue weighted by Gasteiger charge is 2.30. The summed E-state index contributed by atoms with van der Waals surface area (Å²) in [6, 6.07) is 8.01. The Morgan fingerprint density at radius 2 is 2.04 bits per heavy atom. The molecule has 1 saturated carbocycles. The fourth-order valence-electron chi connectivity index (χ4n) is 2.99. The average molecular weight is 313 g/mol. The third kappa shape index (κ3) is 3.09. The predicted octanol–water partition coefficient (Wildman–Crippen LogP) is 3.01. The minimum absolute atomic E-state index is 0.0392. The lowest BCUT2D eigenvalue weighted by Crippen LogP contribution is -2.37. The largest absolute Gasteiger partial charge is 0.497 e. The molecular weight excluding hydrogens is 290 g/mol. The highest BCUT2D eigenvalue weighted by Crippen LogP contribution is 2.38. The number of methoxy groups -OCH3 is 1. The van der Waals surface area contributed by atoms with Crippen molar-refractivity contribution in [2.24, 2.45) is 13.0 Å². The molecule has 0 saturated heterocycles. The minimum Gasteiger partial charge on any atom is -0.497 e. The standard InChI is InChI=1S/C18H23N3O2/c1-12-19-11-16(21(12)2)18(22)20-17(13-5-4-6-13)14-7-9-15(23-3)10-8-14/h7-11,13,17H,4-6H2,1-3H3,(H,20,22). The van der Waals surface area contributed by atoms with E-state index < -0.39 is 0 Å². The van der Waals surface area contributed by atoms with Gasteiger partial charge in [0.25, 0.3) is 5.91 Å². The van der Waals surface area contributed by atoms with Crippen molar-refractivity contribution in [1.29, 1.82) is 0 Å². The van der Waals surface area contributed by atoms with Crippen molar-refractivity contribution in [3.05, 3.63) is 47.5 Å². The van der Waals surface area contributed by atoms with Crippen molar-refractivity contribution < 1.29 is 9.53 Å². The molecule has 0 spiro atoms. The van der Waals surface area contributed by atoms with Crippen LogP contribution in [0.15, 0.2) is 30.5 Å². The van der Waals surface area contributed by atoms with Crippen LogP contribution < -0.4 is 10.1 Å². The van der Waals surface area contributed by atoms with Crippen LogP contribution in [0, 0.1) is 12.8 Å². The monoisotopic (exact) mass is 313 g/mol. The van der Waals surface area contributed by atoms with E-state index in [-0.39, 0.29) is 11.9 Å². The van der Waals surface area contributed by atoms with Crippen molar-refractivity contribution in [3.63, 3.8) is 0 Å². The Morgan fingerprint density at radius 1 is 1.35 bits per heavy atom. The number of ether oxygens (including phenoxy) is 1. The minimum atomic E-state index is -0.0687. The summed E-state index contributed by atoms with van der Waals surface area (Å²) < 4.78 is 7.04. The normalized spacial score (nSPS) is 15.8. The lowest BCUT2D eigenvalue weighted by atomic mass is 9.77. The van der Waals surface area contributed by atoms with Gasteiger partial charge >= 0.3 is 0 Å². The number of carbonyl (C=O) groups is 1. The number of hydrogen-bond donors (Lipinski definition) is 1. The van der Waals surface area contributed by atoms with Gasteiger partial charge in [-0.2, -0.15) is 0 Å². The average Bonchev–Trinajstić information content (AvgIpc) is 2.85. The molecule has 5 nitrogen and oxygen atoms in total. The molecule has 1 aromatic carbocycles. The van der Waals surface area contributed by atoms with E-state index >= 15 is 0 Å². The van der Waals surface area contributed by atoms with Crippen LogP contribution in [0.2, 0.25) is 0 Å². The van der Waals surface area contributed by atoms with Crippen molar-refractivity contribution in [3.8, 4) is 5.75 Å². The molecule has 1 aliphatic carbocycles. The summed E-state index contributed by atoms with van der Waals surface area (Å²) in [7, 11) is 3.52. The topological polar surface area (TPSA) is 56.1 Å². The van der Waals surface area contributed by atoms with E-state index in [0.29, 0.717) is 11.6 Å². The number of carbonyl (C=O) groups excluding carboxylic acids is 1. The van der Waals surface area contributed by atoms with Crippen LogP contribution in [0.3, 0.4) is 0 Å². The van der Waals surface area contributed by atoms with E-state index in [4.69, 9.17) is 4.74 Å². The Bertz CT molecular complexity index is 687. The van der Waals surface area contributed by atoms with Crippen LogP contribution in [0.5, 0.6) is 5.75 Å². The van der Waals surface area contributed by atoms with Crippen LogP contribution in [0.1, 0.15) is 47.2 Å². The lowest BCUT2D eigenvalue weighted by molar-refractivity contribution is 0.0892. The van der Waals surface area contributed by atoms with Gasteiger partial charge in [0.2, 0.25) is 0 Å². The van der Waals surface area contributed by atoms with E-state index in [1.807, 2.05) is 42.8 Å². The van der Waals surface area contributed by atoms with Crippen molar-refractivity contribution in [2.75, 3.05) is 7.11 Å². The second-order valence-electron chi connectivity index (χ2n) is 6.16. The van der Waals surface area contributed by atoms with E-state index in [1.165, 1.54) is 6.42 Å². The molecule has 23 heavy (non-hydrogen) atoms. The highest BCUT2D eigenvalue weighted by molar-refractivity contribution is 5.92. The van der Waals surface area contributed by atoms with Gasteiger partial charge in [0.15, 0.2) is 0 Å². The van der Waals surface area contributed by atoms with Crippen LogP contribution in [-0.2, 0) is 7.05 Å². The van der Waals surface area contributed by atoms with E-state index in [2.05, 4.69) is 10.3 Å². The summed E-state index contributed by atoms with van der Waals surface area (Å²) in [5, 5.41) is 3.20. The summed E-state index contributed by atoms with van der Waals surface area (Å²) in [4.78, 5) is 16.8. The van der Waals surface area contributed by atoms with Gasteiger partial charge in [0.1, 0.15) is 17.3 Å². The SMILES string of the molecule is COc1ccc(C(NC(=O)c2cnc(C)n2C)C2CCC2)cc1. The highest BCUT2D eigenvalue weighted by atomic mass is 16.5. The van der Waals surface area contributed by atoms with Gasteiger partial charge in [-0.1, -0.05) is 18.6 Å². The molecule has 0 radical (unpaired) electrons. The van der Waals surface area contributed by atoms with Gasteiger partial charge in [0, 0.05) is 7.05 Å². The number of aryl methyl sites for hydroxylation is 1. The Labute approximate surface area is 136 Å². The molecule has 0 bridgehead atoms. The molecule has 1 aliphatic rings. The van der Waals surface area contributed by atoms with Gasteiger partial charge < -0.3 is 14.6 Å². The first-order chi connectivity index (χ1) is 11.1. The molecular formula is C18H23N3O2. The molecule has 2 aromatic rings. The van der Waals surface area contributed by atoms with Crippen molar-refractivity contribution >= 4 is 5.91 Å². The molecule has 3 rings (SSSR count). The van der Waals surface area contributed by atoms with Crippen LogP contribution >= 0.6 is 0 Å². The summed E-state index contributed by atoms with van der Waals surface area (Å²) >= 11 is 0. The van der Waals surface area contributed by atoms with Gasteiger partial charge in [0.05, 0.1) is 19.3 Å². The number of benzene rings is 1. The Morgan fingerprint density at radius 3 is 2.52 bits per heavy atom. The zero-order chi connectivity index (χ0) is 16.4. The first kappa shape index (κ1) is 15.6. The van der Waals surface area contributed by atoms with Crippen molar-refractivity contribution in [2.45, 2.75) is 32.2 Å². The smallest absolute Gasteiger partial charge is 0.270 e. The number of rotatable bonds is 5. The summed E-state index contributed by atoms with van der Waals surface area (Å²) in [6.07, 6.45) is 5.18. The third-order valence-electron chi connectivity index (χ3n) is 4.84. The van der Waals surface area contributed by atoms with Crippen LogP contribution in [-0.4, -0.2) is 22.6 Å². The maximum Gasteiger partial charge on any atom is 0.270 e. The van der Waals surface area contributed by atoms with Crippen LogP contribution in [0.4, 0.5) is 0 Å². The van der Waals surface area contributed by atoms with E-state index in [0.717, 1.165) is 30.0 Å². The molecule has 1 aromatic heterocycles. The van der Waals surface area contributed by atoms with E-state index in [9.17, 15) is 4.79 Å². The fraction of sp³-hybridized carbons (Fsp3) is 0.444. The Balaban J connectivity index is 1.81. The zero-order valence-corrected chi connectivity index (χ0v) is 13.9. The number of hydrogen-bond acceptors (Lipinski definition) is 3. The fourth-order valence-corrected chi connectivity index (χ4v) is 2.99. The lowest BCUT2D eigenvalue weighted by Gasteiger charge is -2.34. The second-order valence-corrected chi connectivity index (χ2v) is 6.16. The summed E-state index contributed by atoms with van der Waals surface area (Å²) in [6.45, 7) is 1.89. The number of aromatic nitrogens is 2. The molecule has 5 heteroatoms. The van der Waals surface area contributed by atoms with Gasteiger partial charge in [-0.05, 0) is 43.4 Å². The zero-order valence-electron chi connectivity index (χ0n) is 13.9. The molecule has 1 heterocycles. The molecule has 1 unspecified atom stereocenters. The third-order valence-corrected chi connectivity index (χ3v) is 4.84. The molecule has 0 aliphatic heterocycles. The summed E-state index contributed by atoms with van der Waals surface area (Å²) in [5.74, 6) is 2.09. The number of imidazole rings is 1. The first-order valence-corrected chi connectivity index (χ1v) is 8.03. The number of nitrogens with zero attached hydrogens (tertiary/aromatic N) is 2. The maximum atomic E-state index is 12.6. The molecule has 1 atom stereocenters. The maximum absolute atomic E-state index is 12.6. The summed E-state index contributed by atoms with van der Waals surface area (Å²) in [5.41, 5.74) is 1.73. The van der Waals surface area contributed by atoms with Crippen molar-refractivity contribution in [1.82, 2.24) is 14.9 Å². The molecule has 1 amide bonds. The molecule has 1 fully saturated rings. The molecule has 1 N–H and O–H groups in total. The molecule has 122 valence electrons. The Hall–Kier alpha value is -2.30. The second kappa shape index (κ2) is 6.44. The number of amides is 1. The van der Waals surface area contributed by atoms with E-state index in [1.54, 1.807) is 13.3 Å². The van der Waals surface area contributed by atoms with Crippen LogP contribution in [0.25, 0.3) is 0 Å².